The van der Waals surface area contributed by atoms with Crippen LogP contribution in [0.25, 0.3) is 4.85 Å². The standard InChI is InChI=1S/C20H29N3O.C7H8.Y/c1-6-10-18(23(7-2)11-8-9-12-23)20(24)22-19-15(3)13-17(21-5)14-16(19)4;1-7-5-3-2-4-6-7;/h13-14,18H,6-12H2,1-4H3;2-6H,1H3;/p+1. The number of nitrogens with one attached hydrogen (secondary N) is 1. The monoisotopic (exact) mass is 509 g/mol. The zero-order valence-corrected chi connectivity index (χ0v) is 23.3. The SMILES string of the molecule is Cc1ccccc1.[C-]#[N+]c1cc(C)c(NC(=O)C(CCC)[N+]2(CC)CCCC2)c(C)c1.[Y]. The Morgan fingerprint density at radius 3 is 2.03 bits per heavy atom. The summed E-state index contributed by atoms with van der Waals surface area (Å²) in [6.07, 6.45) is 4.39. The third-order valence-corrected chi connectivity index (χ3v) is 6.45. The number of hydrogen-bond acceptors (Lipinski definition) is 1. The Kier molecular flexibility index (Phi) is 12.4. The third-order valence-electron chi connectivity index (χ3n) is 6.45. The molecular weight excluding hydrogens is 471 g/mol. The fourth-order valence-corrected chi connectivity index (χ4v) is 4.68. The molecule has 1 amide bonds. The van der Waals surface area contributed by atoms with E-state index in [4.69, 9.17) is 6.57 Å². The first kappa shape index (κ1) is 28.5. The van der Waals surface area contributed by atoms with Crippen molar-refractivity contribution in [2.75, 3.05) is 25.0 Å². The van der Waals surface area contributed by atoms with Crippen LogP contribution in [0.2, 0.25) is 0 Å². The molecule has 1 saturated heterocycles. The van der Waals surface area contributed by atoms with Gasteiger partial charge < -0.3 is 9.80 Å². The molecule has 1 aliphatic rings. The summed E-state index contributed by atoms with van der Waals surface area (Å²) in [5.74, 6) is 0.141. The minimum absolute atomic E-state index is 0. The number of amides is 1. The fourth-order valence-electron chi connectivity index (χ4n) is 4.68. The Balaban J connectivity index is 0.000000545. The van der Waals surface area contributed by atoms with Crippen LogP contribution in [-0.4, -0.2) is 36.1 Å². The summed E-state index contributed by atoms with van der Waals surface area (Å²) in [5, 5.41) is 3.19. The van der Waals surface area contributed by atoms with Crippen LogP contribution >= 0.6 is 0 Å². The van der Waals surface area contributed by atoms with Crippen molar-refractivity contribution in [1.29, 1.82) is 0 Å². The summed E-state index contributed by atoms with van der Waals surface area (Å²) in [6, 6.07) is 14.0. The molecular formula is C27H38N3OY+. The van der Waals surface area contributed by atoms with Crippen molar-refractivity contribution < 1.29 is 42.0 Å². The van der Waals surface area contributed by atoms with Gasteiger partial charge in [0.05, 0.1) is 26.2 Å². The quantitative estimate of drug-likeness (QED) is 0.346. The molecule has 0 aliphatic carbocycles. The summed E-state index contributed by atoms with van der Waals surface area (Å²) in [4.78, 5) is 16.6. The summed E-state index contributed by atoms with van der Waals surface area (Å²) in [5.41, 5.74) is 4.76. The number of nitrogens with zero attached hydrogens (tertiary/aromatic N) is 2. The zero-order chi connectivity index (χ0) is 22.9. The van der Waals surface area contributed by atoms with Gasteiger partial charge in [-0.2, -0.15) is 0 Å². The van der Waals surface area contributed by atoms with Crippen LogP contribution in [0.4, 0.5) is 11.4 Å². The van der Waals surface area contributed by atoms with Crippen molar-refractivity contribution in [2.45, 2.75) is 66.3 Å². The number of carbonyl (C=O) groups excluding carboxylic acids is 1. The van der Waals surface area contributed by atoms with Crippen molar-refractivity contribution in [3.05, 3.63) is 70.6 Å². The molecule has 1 N–H and O–H groups in total. The Morgan fingerprint density at radius 2 is 1.62 bits per heavy atom. The predicted molar refractivity (Wildman–Crippen MR) is 130 cm³/mol. The number of aryl methyl sites for hydroxylation is 3. The van der Waals surface area contributed by atoms with Gasteiger partial charge in [0, 0.05) is 57.7 Å². The Labute approximate surface area is 220 Å². The number of anilines is 1. The van der Waals surface area contributed by atoms with E-state index in [1.807, 2.05) is 44.2 Å². The van der Waals surface area contributed by atoms with Crippen LogP contribution in [0.15, 0.2) is 42.5 Å². The second-order valence-electron chi connectivity index (χ2n) is 8.70. The number of hydrogen-bond donors (Lipinski definition) is 1. The summed E-state index contributed by atoms with van der Waals surface area (Å²) >= 11 is 0. The molecule has 2 aromatic carbocycles. The van der Waals surface area contributed by atoms with Gasteiger partial charge >= 0.3 is 0 Å². The van der Waals surface area contributed by atoms with Gasteiger partial charge in [-0.25, -0.2) is 4.85 Å². The molecule has 32 heavy (non-hydrogen) atoms. The van der Waals surface area contributed by atoms with E-state index in [1.54, 1.807) is 0 Å². The topological polar surface area (TPSA) is 33.5 Å². The van der Waals surface area contributed by atoms with Crippen LogP contribution < -0.4 is 5.32 Å². The van der Waals surface area contributed by atoms with Gasteiger partial charge in [0.25, 0.3) is 5.91 Å². The summed E-state index contributed by atoms with van der Waals surface area (Å²) < 4.78 is 0.928. The predicted octanol–water partition coefficient (Wildman–Crippen LogP) is 6.58. The first-order valence-electron chi connectivity index (χ1n) is 11.5. The maximum absolute atomic E-state index is 13.1. The molecule has 0 bridgehead atoms. The van der Waals surface area contributed by atoms with Gasteiger partial charge in [-0.05, 0) is 45.2 Å². The molecule has 1 unspecified atom stereocenters. The zero-order valence-electron chi connectivity index (χ0n) is 20.4. The van der Waals surface area contributed by atoms with Crippen LogP contribution in [-0.2, 0) is 37.5 Å². The first-order chi connectivity index (χ1) is 14.9. The maximum atomic E-state index is 13.1. The van der Waals surface area contributed by atoms with Crippen LogP contribution in [0.5, 0.6) is 0 Å². The molecule has 4 nitrogen and oxygen atoms in total. The smallest absolute Gasteiger partial charge is 0.282 e. The van der Waals surface area contributed by atoms with Gasteiger partial charge in [-0.1, -0.05) is 55.0 Å². The Morgan fingerprint density at radius 1 is 1.06 bits per heavy atom. The van der Waals surface area contributed by atoms with Crippen molar-refractivity contribution in [2.24, 2.45) is 0 Å². The molecule has 169 valence electrons. The molecule has 3 rings (SSSR count). The second kappa shape index (κ2) is 13.9. The third kappa shape index (κ3) is 7.51. The minimum atomic E-state index is 0. The van der Waals surface area contributed by atoms with Crippen molar-refractivity contribution in [1.82, 2.24) is 0 Å². The van der Waals surface area contributed by atoms with Gasteiger partial charge in [0.1, 0.15) is 0 Å². The van der Waals surface area contributed by atoms with E-state index in [1.165, 1.54) is 18.4 Å². The van der Waals surface area contributed by atoms with Gasteiger partial charge in [0.2, 0.25) is 0 Å². The molecule has 1 aliphatic heterocycles. The average Bonchev–Trinajstić information content (AvgIpc) is 3.25. The number of benzene rings is 2. The fraction of sp³-hybridized carbons (Fsp3) is 0.481. The van der Waals surface area contributed by atoms with E-state index in [2.05, 4.69) is 43.1 Å². The maximum Gasteiger partial charge on any atom is 0.282 e. The second-order valence-corrected chi connectivity index (χ2v) is 8.70. The average molecular weight is 510 g/mol. The summed E-state index contributed by atoms with van der Waals surface area (Å²) in [6.45, 7) is 20.8. The molecule has 2 aromatic rings. The number of rotatable bonds is 6. The molecule has 5 heteroatoms. The largest absolute Gasteiger partial charge is 0.321 e. The molecule has 1 heterocycles. The molecule has 0 spiro atoms. The normalized spacial score (nSPS) is 14.9. The Bertz CT molecular complexity index is 876. The van der Waals surface area contributed by atoms with Gasteiger partial charge in [-0.3, -0.25) is 4.79 Å². The van der Waals surface area contributed by atoms with Crippen LogP contribution in [0, 0.1) is 27.3 Å². The Hall–Kier alpha value is -1.54. The van der Waals surface area contributed by atoms with Crippen LogP contribution in [0.1, 0.15) is 56.2 Å². The summed E-state index contributed by atoms with van der Waals surface area (Å²) in [7, 11) is 0. The molecule has 1 radical (unpaired) electrons. The molecule has 1 fully saturated rings. The van der Waals surface area contributed by atoms with E-state index in [0.29, 0.717) is 5.69 Å². The molecule has 1 atom stereocenters. The number of quaternary nitrogens is 1. The van der Waals surface area contributed by atoms with E-state index in [0.717, 1.165) is 53.8 Å². The van der Waals surface area contributed by atoms with Crippen LogP contribution in [0.3, 0.4) is 0 Å². The van der Waals surface area contributed by atoms with E-state index in [9.17, 15) is 4.79 Å². The van der Waals surface area contributed by atoms with Gasteiger partial charge in [-0.15, -0.1) is 0 Å². The van der Waals surface area contributed by atoms with Crippen molar-refractivity contribution in [3.63, 3.8) is 0 Å². The van der Waals surface area contributed by atoms with E-state index in [-0.39, 0.29) is 44.7 Å². The van der Waals surface area contributed by atoms with Crippen molar-refractivity contribution in [3.8, 4) is 0 Å². The number of likely N-dealkylation sites (tertiary alicyclic amines) is 1. The van der Waals surface area contributed by atoms with Gasteiger partial charge in [0.15, 0.2) is 11.7 Å². The molecule has 0 saturated carbocycles. The van der Waals surface area contributed by atoms with Crippen molar-refractivity contribution >= 4 is 17.3 Å². The number of likely N-dealkylation sites (N-methyl/N-ethyl adjacent to an activating group) is 1. The number of carbonyl (C=O) groups is 1. The van der Waals surface area contributed by atoms with E-state index >= 15 is 0 Å². The minimum Gasteiger partial charge on any atom is -0.321 e. The van der Waals surface area contributed by atoms with E-state index < -0.39 is 0 Å². The first-order valence-corrected chi connectivity index (χ1v) is 11.5. The molecule has 0 aromatic heterocycles.